The standard InChI is InChI=1S/C16H18ClNO/c1-2-18-16(13-5-7-14(17)8-6-13)11-12-3-9-15(19)10-4-12/h3-10,16,18-19H,2,11H2,1H3. The highest BCUT2D eigenvalue weighted by Crippen LogP contribution is 2.21. The van der Waals surface area contributed by atoms with Crippen LogP contribution in [0.4, 0.5) is 0 Å². The number of aromatic hydroxyl groups is 1. The van der Waals surface area contributed by atoms with Crippen LogP contribution in [-0.4, -0.2) is 11.7 Å². The van der Waals surface area contributed by atoms with Crippen LogP contribution in [0, 0.1) is 0 Å². The maximum atomic E-state index is 9.31. The molecule has 0 amide bonds. The van der Waals surface area contributed by atoms with Crippen molar-refractivity contribution in [2.75, 3.05) is 6.54 Å². The molecule has 0 aliphatic carbocycles. The van der Waals surface area contributed by atoms with E-state index in [0.717, 1.165) is 18.0 Å². The maximum Gasteiger partial charge on any atom is 0.115 e. The van der Waals surface area contributed by atoms with Crippen LogP contribution in [0.1, 0.15) is 24.1 Å². The maximum absolute atomic E-state index is 9.31. The highest BCUT2D eigenvalue weighted by Gasteiger charge is 2.11. The molecule has 2 rings (SSSR count). The van der Waals surface area contributed by atoms with Crippen LogP contribution in [0.3, 0.4) is 0 Å². The number of hydrogen-bond donors (Lipinski definition) is 2. The van der Waals surface area contributed by atoms with Crippen LogP contribution >= 0.6 is 11.6 Å². The van der Waals surface area contributed by atoms with E-state index in [1.54, 1.807) is 12.1 Å². The smallest absolute Gasteiger partial charge is 0.115 e. The van der Waals surface area contributed by atoms with Crippen molar-refractivity contribution in [3.8, 4) is 5.75 Å². The lowest BCUT2D eigenvalue weighted by Crippen LogP contribution is -2.22. The van der Waals surface area contributed by atoms with Gasteiger partial charge >= 0.3 is 0 Å². The molecule has 0 aliphatic rings. The van der Waals surface area contributed by atoms with Gasteiger partial charge in [0.1, 0.15) is 5.75 Å². The van der Waals surface area contributed by atoms with Crippen molar-refractivity contribution in [1.29, 1.82) is 0 Å². The average Bonchev–Trinajstić information content (AvgIpc) is 2.42. The molecule has 0 aliphatic heterocycles. The molecule has 0 saturated carbocycles. The molecule has 0 bridgehead atoms. The Morgan fingerprint density at radius 2 is 1.68 bits per heavy atom. The molecular weight excluding hydrogens is 258 g/mol. The number of phenols is 1. The van der Waals surface area contributed by atoms with Crippen LogP contribution in [-0.2, 0) is 6.42 Å². The topological polar surface area (TPSA) is 32.3 Å². The van der Waals surface area contributed by atoms with Gasteiger partial charge in [-0.3, -0.25) is 0 Å². The number of nitrogens with one attached hydrogen (secondary N) is 1. The SMILES string of the molecule is CCNC(Cc1ccc(O)cc1)c1ccc(Cl)cc1. The zero-order valence-electron chi connectivity index (χ0n) is 10.9. The average molecular weight is 276 g/mol. The van der Waals surface area contributed by atoms with E-state index in [2.05, 4.69) is 24.4 Å². The van der Waals surface area contributed by atoms with Crippen LogP contribution in [0.5, 0.6) is 5.75 Å². The quantitative estimate of drug-likeness (QED) is 0.866. The van der Waals surface area contributed by atoms with Crippen molar-refractivity contribution in [2.24, 2.45) is 0 Å². The Morgan fingerprint density at radius 3 is 2.26 bits per heavy atom. The predicted octanol–water partition coefficient (Wildman–Crippen LogP) is 3.94. The lowest BCUT2D eigenvalue weighted by Gasteiger charge is -2.18. The molecule has 0 spiro atoms. The first kappa shape index (κ1) is 13.9. The molecule has 0 fully saturated rings. The molecule has 2 aromatic rings. The van der Waals surface area contributed by atoms with Crippen molar-refractivity contribution in [3.05, 3.63) is 64.7 Å². The summed E-state index contributed by atoms with van der Waals surface area (Å²) < 4.78 is 0. The minimum absolute atomic E-state index is 0.256. The van der Waals surface area contributed by atoms with Crippen molar-refractivity contribution >= 4 is 11.6 Å². The molecule has 1 atom stereocenters. The molecular formula is C16H18ClNO. The number of rotatable bonds is 5. The fourth-order valence-electron chi connectivity index (χ4n) is 2.12. The Balaban J connectivity index is 2.15. The fourth-order valence-corrected chi connectivity index (χ4v) is 2.24. The van der Waals surface area contributed by atoms with Gasteiger partial charge < -0.3 is 10.4 Å². The van der Waals surface area contributed by atoms with Gasteiger partial charge in [0.25, 0.3) is 0 Å². The minimum atomic E-state index is 0.256. The zero-order valence-corrected chi connectivity index (χ0v) is 11.7. The third-order valence-electron chi connectivity index (χ3n) is 3.10. The molecule has 2 nitrogen and oxygen atoms in total. The molecule has 19 heavy (non-hydrogen) atoms. The lowest BCUT2D eigenvalue weighted by atomic mass is 9.99. The summed E-state index contributed by atoms with van der Waals surface area (Å²) in [7, 11) is 0. The Morgan fingerprint density at radius 1 is 1.05 bits per heavy atom. The molecule has 0 heterocycles. The van der Waals surface area contributed by atoms with E-state index in [0.29, 0.717) is 5.75 Å². The normalized spacial score (nSPS) is 12.3. The zero-order chi connectivity index (χ0) is 13.7. The number of hydrogen-bond acceptors (Lipinski definition) is 2. The Hall–Kier alpha value is -1.51. The molecule has 2 aromatic carbocycles. The van der Waals surface area contributed by atoms with E-state index >= 15 is 0 Å². The summed E-state index contributed by atoms with van der Waals surface area (Å²) in [5.74, 6) is 0.301. The van der Waals surface area contributed by atoms with Crippen molar-refractivity contribution in [2.45, 2.75) is 19.4 Å². The molecule has 0 aromatic heterocycles. The second-order valence-corrected chi connectivity index (χ2v) is 4.97. The van der Waals surface area contributed by atoms with Crippen molar-refractivity contribution in [3.63, 3.8) is 0 Å². The first-order valence-electron chi connectivity index (χ1n) is 6.46. The third-order valence-corrected chi connectivity index (χ3v) is 3.35. The van der Waals surface area contributed by atoms with E-state index in [-0.39, 0.29) is 6.04 Å². The van der Waals surface area contributed by atoms with Gasteiger partial charge in [0.2, 0.25) is 0 Å². The fraction of sp³-hybridized carbons (Fsp3) is 0.250. The second-order valence-electron chi connectivity index (χ2n) is 4.53. The van der Waals surface area contributed by atoms with E-state index in [1.165, 1.54) is 11.1 Å². The monoisotopic (exact) mass is 275 g/mol. The first-order chi connectivity index (χ1) is 9.19. The van der Waals surface area contributed by atoms with Gasteiger partial charge in [-0.2, -0.15) is 0 Å². The lowest BCUT2D eigenvalue weighted by molar-refractivity contribution is 0.474. The van der Waals surface area contributed by atoms with Crippen LogP contribution in [0.15, 0.2) is 48.5 Å². The molecule has 0 saturated heterocycles. The summed E-state index contributed by atoms with van der Waals surface area (Å²) in [6, 6.07) is 15.5. The highest BCUT2D eigenvalue weighted by molar-refractivity contribution is 6.30. The summed E-state index contributed by atoms with van der Waals surface area (Å²) >= 11 is 5.92. The van der Waals surface area contributed by atoms with Gasteiger partial charge in [0, 0.05) is 11.1 Å². The van der Waals surface area contributed by atoms with Crippen LogP contribution in [0.25, 0.3) is 0 Å². The second kappa shape index (κ2) is 6.60. The van der Waals surface area contributed by atoms with E-state index < -0.39 is 0 Å². The summed E-state index contributed by atoms with van der Waals surface area (Å²) in [5.41, 5.74) is 2.41. The van der Waals surface area contributed by atoms with Gasteiger partial charge in [0.05, 0.1) is 0 Å². The molecule has 0 radical (unpaired) electrons. The van der Waals surface area contributed by atoms with Crippen LogP contribution in [0.2, 0.25) is 5.02 Å². The predicted molar refractivity (Wildman–Crippen MR) is 79.7 cm³/mol. The van der Waals surface area contributed by atoms with Gasteiger partial charge in [-0.05, 0) is 48.4 Å². The summed E-state index contributed by atoms with van der Waals surface area (Å²) in [6.07, 6.45) is 0.885. The minimum Gasteiger partial charge on any atom is -0.508 e. The van der Waals surface area contributed by atoms with Crippen molar-refractivity contribution < 1.29 is 5.11 Å². The number of phenolic OH excluding ortho intramolecular Hbond substituents is 1. The Kier molecular flexibility index (Phi) is 4.83. The van der Waals surface area contributed by atoms with Gasteiger partial charge in [-0.25, -0.2) is 0 Å². The van der Waals surface area contributed by atoms with E-state index in [9.17, 15) is 5.11 Å². The Bertz CT molecular complexity index is 507. The Labute approximate surface area is 119 Å². The summed E-state index contributed by atoms with van der Waals surface area (Å²) in [4.78, 5) is 0. The number of likely N-dealkylation sites (N-methyl/N-ethyl adjacent to an activating group) is 1. The molecule has 2 N–H and O–H groups in total. The summed E-state index contributed by atoms with van der Waals surface area (Å²) in [6.45, 7) is 3.01. The largest absolute Gasteiger partial charge is 0.508 e. The van der Waals surface area contributed by atoms with E-state index in [4.69, 9.17) is 11.6 Å². The molecule has 3 heteroatoms. The third kappa shape index (κ3) is 3.98. The summed E-state index contributed by atoms with van der Waals surface area (Å²) in [5, 5.41) is 13.5. The van der Waals surface area contributed by atoms with E-state index in [1.807, 2.05) is 24.3 Å². The molecule has 100 valence electrons. The first-order valence-corrected chi connectivity index (χ1v) is 6.83. The number of benzene rings is 2. The van der Waals surface area contributed by atoms with Gasteiger partial charge in [-0.1, -0.05) is 42.8 Å². The van der Waals surface area contributed by atoms with Crippen molar-refractivity contribution in [1.82, 2.24) is 5.32 Å². The highest BCUT2D eigenvalue weighted by atomic mass is 35.5. The number of halogens is 1. The van der Waals surface area contributed by atoms with Gasteiger partial charge in [-0.15, -0.1) is 0 Å². The molecule has 1 unspecified atom stereocenters. The van der Waals surface area contributed by atoms with Gasteiger partial charge in [0.15, 0.2) is 0 Å². The van der Waals surface area contributed by atoms with Crippen LogP contribution < -0.4 is 5.32 Å².